The first-order valence-corrected chi connectivity index (χ1v) is 5.31. The Bertz CT molecular complexity index is 253. The summed E-state index contributed by atoms with van der Waals surface area (Å²) in [7, 11) is 0. The van der Waals surface area contributed by atoms with Gasteiger partial charge in [0.2, 0.25) is 11.8 Å². The fraction of sp³-hybridized carbons (Fsp3) is 0.700. The Balaban J connectivity index is 3.40. The summed E-state index contributed by atoms with van der Waals surface area (Å²) < 4.78 is 0. The molecular weight excluding hydrogens is 212 g/mol. The molecule has 6 nitrogen and oxygen atoms in total. The van der Waals surface area contributed by atoms with E-state index >= 15 is 0 Å². The SMILES string of the molecule is CCCC(=O)NCCNC(=O)CCC(=O)O. The van der Waals surface area contributed by atoms with E-state index in [4.69, 9.17) is 5.11 Å². The average molecular weight is 230 g/mol. The first-order chi connectivity index (χ1) is 7.56. The van der Waals surface area contributed by atoms with Gasteiger partial charge in [-0.1, -0.05) is 6.92 Å². The quantitative estimate of drug-likeness (QED) is 0.507. The lowest BCUT2D eigenvalue weighted by Crippen LogP contribution is -2.34. The Morgan fingerprint density at radius 1 is 0.938 bits per heavy atom. The van der Waals surface area contributed by atoms with Gasteiger partial charge in [0.15, 0.2) is 0 Å². The fourth-order valence-corrected chi connectivity index (χ4v) is 1.03. The maximum Gasteiger partial charge on any atom is 0.303 e. The highest BCUT2D eigenvalue weighted by atomic mass is 16.4. The Hall–Kier alpha value is -1.59. The molecule has 0 aromatic heterocycles. The maximum atomic E-state index is 11.0. The van der Waals surface area contributed by atoms with Crippen LogP contribution in [0.25, 0.3) is 0 Å². The molecule has 0 rings (SSSR count). The molecule has 0 atom stereocenters. The average Bonchev–Trinajstić information content (AvgIpc) is 2.22. The van der Waals surface area contributed by atoms with Crippen molar-refractivity contribution in [3.63, 3.8) is 0 Å². The van der Waals surface area contributed by atoms with Gasteiger partial charge in [0, 0.05) is 25.9 Å². The number of carboxylic acid groups (broad SMARTS) is 1. The molecule has 0 saturated carbocycles. The maximum absolute atomic E-state index is 11.0. The van der Waals surface area contributed by atoms with Gasteiger partial charge in [-0.3, -0.25) is 14.4 Å². The van der Waals surface area contributed by atoms with Crippen LogP contribution in [0.15, 0.2) is 0 Å². The van der Waals surface area contributed by atoms with Crippen LogP contribution >= 0.6 is 0 Å². The van der Waals surface area contributed by atoms with E-state index in [0.29, 0.717) is 19.5 Å². The van der Waals surface area contributed by atoms with Gasteiger partial charge < -0.3 is 15.7 Å². The molecule has 0 aliphatic heterocycles. The molecule has 0 aliphatic carbocycles. The van der Waals surface area contributed by atoms with Crippen molar-refractivity contribution in [3.05, 3.63) is 0 Å². The highest BCUT2D eigenvalue weighted by Gasteiger charge is 2.04. The molecule has 0 radical (unpaired) electrons. The third-order valence-corrected chi connectivity index (χ3v) is 1.81. The molecule has 6 heteroatoms. The normalized spacial score (nSPS) is 9.56. The summed E-state index contributed by atoms with van der Waals surface area (Å²) in [5.74, 6) is -1.35. The van der Waals surface area contributed by atoms with Gasteiger partial charge in [-0.15, -0.1) is 0 Å². The summed E-state index contributed by atoms with van der Waals surface area (Å²) in [5.41, 5.74) is 0. The molecule has 0 bridgehead atoms. The summed E-state index contributed by atoms with van der Waals surface area (Å²) in [6, 6.07) is 0. The van der Waals surface area contributed by atoms with Crippen molar-refractivity contribution in [3.8, 4) is 0 Å². The third kappa shape index (κ3) is 8.98. The van der Waals surface area contributed by atoms with Crippen molar-refractivity contribution in [2.75, 3.05) is 13.1 Å². The molecule has 0 heterocycles. The van der Waals surface area contributed by atoms with Crippen LogP contribution in [0.5, 0.6) is 0 Å². The van der Waals surface area contributed by atoms with E-state index in [1.165, 1.54) is 0 Å². The van der Waals surface area contributed by atoms with Gasteiger partial charge in [0.1, 0.15) is 0 Å². The van der Waals surface area contributed by atoms with Crippen LogP contribution in [-0.2, 0) is 14.4 Å². The second-order valence-corrected chi connectivity index (χ2v) is 3.34. The zero-order chi connectivity index (χ0) is 12.4. The van der Waals surface area contributed by atoms with Crippen LogP contribution < -0.4 is 10.6 Å². The standard InChI is InChI=1S/C10H18N2O4/c1-2-3-8(13)11-6-7-12-9(14)4-5-10(15)16/h2-7H2,1H3,(H,11,13)(H,12,14)(H,15,16). The zero-order valence-electron chi connectivity index (χ0n) is 9.41. The zero-order valence-corrected chi connectivity index (χ0v) is 9.41. The molecule has 0 aliphatic rings. The molecule has 0 aromatic carbocycles. The van der Waals surface area contributed by atoms with Crippen LogP contribution in [-0.4, -0.2) is 36.0 Å². The Morgan fingerprint density at radius 2 is 1.44 bits per heavy atom. The van der Waals surface area contributed by atoms with Gasteiger partial charge in [0.25, 0.3) is 0 Å². The Morgan fingerprint density at radius 3 is 1.88 bits per heavy atom. The molecule has 0 spiro atoms. The lowest BCUT2D eigenvalue weighted by atomic mass is 10.3. The van der Waals surface area contributed by atoms with Crippen molar-refractivity contribution in [1.29, 1.82) is 0 Å². The van der Waals surface area contributed by atoms with Gasteiger partial charge in [-0.05, 0) is 6.42 Å². The predicted octanol–water partition coefficient (Wildman–Crippen LogP) is -0.116. The summed E-state index contributed by atoms with van der Waals surface area (Å²) >= 11 is 0. The third-order valence-electron chi connectivity index (χ3n) is 1.81. The molecule has 2 amide bonds. The highest BCUT2D eigenvalue weighted by Crippen LogP contribution is 1.88. The van der Waals surface area contributed by atoms with Gasteiger partial charge in [0.05, 0.1) is 6.42 Å². The number of carbonyl (C=O) groups excluding carboxylic acids is 2. The first-order valence-electron chi connectivity index (χ1n) is 5.31. The van der Waals surface area contributed by atoms with E-state index in [0.717, 1.165) is 6.42 Å². The highest BCUT2D eigenvalue weighted by molar-refractivity contribution is 5.80. The largest absolute Gasteiger partial charge is 0.481 e. The Kier molecular flexibility index (Phi) is 7.83. The van der Waals surface area contributed by atoms with Crippen molar-refractivity contribution in [2.24, 2.45) is 0 Å². The van der Waals surface area contributed by atoms with E-state index in [9.17, 15) is 14.4 Å². The molecule has 0 saturated heterocycles. The molecular formula is C10H18N2O4. The van der Waals surface area contributed by atoms with Crippen LogP contribution in [0.1, 0.15) is 32.6 Å². The summed E-state index contributed by atoms with van der Waals surface area (Å²) in [6.45, 7) is 2.61. The van der Waals surface area contributed by atoms with E-state index in [-0.39, 0.29) is 24.7 Å². The van der Waals surface area contributed by atoms with E-state index in [1.54, 1.807) is 0 Å². The summed E-state index contributed by atoms with van der Waals surface area (Å²) in [5, 5.41) is 13.5. The monoisotopic (exact) mass is 230 g/mol. The lowest BCUT2D eigenvalue weighted by Gasteiger charge is -2.05. The second kappa shape index (κ2) is 8.70. The first kappa shape index (κ1) is 14.4. The molecule has 0 aromatic rings. The van der Waals surface area contributed by atoms with Crippen molar-refractivity contribution in [1.82, 2.24) is 10.6 Å². The summed E-state index contributed by atoms with van der Waals surface area (Å²) in [4.78, 5) is 32.2. The van der Waals surface area contributed by atoms with Crippen LogP contribution in [0.2, 0.25) is 0 Å². The number of carbonyl (C=O) groups is 3. The number of carboxylic acids is 1. The molecule has 0 fully saturated rings. The van der Waals surface area contributed by atoms with Crippen LogP contribution in [0.4, 0.5) is 0 Å². The number of hydrogen-bond donors (Lipinski definition) is 3. The van der Waals surface area contributed by atoms with Crippen LogP contribution in [0.3, 0.4) is 0 Å². The minimum Gasteiger partial charge on any atom is -0.481 e. The van der Waals surface area contributed by atoms with Crippen LogP contribution in [0, 0.1) is 0 Å². The van der Waals surface area contributed by atoms with Gasteiger partial charge in [-0.25, -0.2) is 0 Å². The summed E-state index contributed by atoms with van der Waals surface area (Å²) in [6.07, 6.45) is 1.07. The van der Waals surface area contributed by atoms with E-state index < -0.39 is 5.97 Å². The van der Waals surface area contributed by atoms with Crippen molar-refractivity contribution < 1.29 is 19.5 Å². The van der Waals surface area contributed by atoms with Crippen molar-refractivity contribution >= 4 is 17.8 Å². The van der Waals surface area contributed by atoms with E-state index in [2.05, 4.69) is 10.6 Å². The molecule has 92 valence electrons. The topological polar surface area (TPSA) is 95.5 Å². The van der Waals surface area contributed by atoms with E-state index in [1.807, 2.05) is 6.92 Å². The number of rotatable bonds is 8. The Labute approximate surface area is 94.4 Å². The lowest BCUT2D eigenvalue weighted by molar-refractivity contribution is -0.138. The minimum absolute atomic E-state index is 0.0295. The molecule has 3 N–H and O–H groups in total. The van der Waals surface area contributed by atoms with Gasteiger partial charge in [-0.2, -0.15) is 0 Å². The predicted molar refractivity (Wildman–Crippen MR) is 57.8 cm³/mol. The number of amides is 2. The number of aliphatic carboxylic acids is 1. The van der Waals surface area contributed by atoms with Crippen molar-refractivity contribution in [2.45, 2.75) is 32.6 Å². The smallest absolute Gasteiger partial charge is 0.303 e. The second-order valence-electron chi connectivity index (χ2n) is 3.34. The molecule has 0 unspecified atom stereocenters. The molecule has 16 heavy (non-hydrogen) atoms. The number of nitrogens with one attached hydrogen (secondary N) is 2. The minimum atomic E-state index is -0.994. The fourth-order valence-electron chi connectivity index (χ4n) is 1.03. The number of hydrogen-bond acceptors (Lipinski definition) is 3. The van der Waals surface area contributed by atoms with Gasteiger partial charge >= 0.3 is 5.97 Å².